The Morgan fingerprint density at radius 1 is 1.05 bits per heavy atom. The summed E-state index contributed by atoms with van der Waals surface area (Å²) in [6, 6.07) is 7.07. The van der Waals surface area contributed by atoms with E-state index in [1.54, 1.807) is 5.56 Å². The smallest absolute Gasteiger partial charge is 0.115 e. The monoisotopic (exact) mass is 283 g/mol. The lowest BCUT2D eigenvalue weighted by Gasteiger charge is -2.61. The van der Waals surface area contributed by atoms with Crippen molar-refractivity contribution >= 4 is 0 Å². The van der Waals surface area contributed by atoms with Crippen LogP contribution < -0.4 is 0 Å². The van der Waals surface area contributed by atoms with Crippen molar-refractivity contribution in [2.45, 2.75) is 61.8 Å². The number of rotatable bonds is 0. The summed E-state index contributed by atoms with van der Waals surface area (Å²) in [6.07, 6.45) is 9.51. The van der Waals surface area contributed by atoms with Crippen LogP contribution in [0.25, 0.3) is 0 Å². The van der Waals surface area contributed by atoms with Gasteiger partial charge in [0.15, 0.2) is 0 Å². The van der Waals surface area contributed by atoms with Gasteiger partial charge in [0, 0.05) is 16.9 Å². The molecule has 1 aromatic rings. The molecule has 21 heavy (non-hydrogen) atoms. The first kappa shape index (κ1) is 12.5. The van der Waals surface area contributed by atoms with E-state index in [-0.39, 0.29) is 0 Å². The largest absolute Gasteiger partial charge is 0.508 e. The van der Waals surface area contributed by atoms with Crippen molar-refractivity contribution in [2.24, 2.45) is 5.92 Å². The summed E-state index contributed by atoms with van der Waals surface area (Å²) >= 11 is 0. The lowest BCUT2D eigenvalue weighted by atomic mass is 9.49. The van der Waals surface area contributed by atoms with E-state index in [2.05, 4.69) is 24.1 Å². The number of likely N-dealkylation sites (tertiary alicyclic amines) is 1. The maximum atomic E-state index is 10.1. The zero-order valence-corrected chi connectivity index (χ0v) is 12.9. The minimum Gasteiger partial charge on any atom is -0.508 e. The fourth-order valence-electron chi connectivity index (χ4n) is 6.37. The molecule has 2 heteroatoms. The van der Waals surface area contributed by atoms with Crippen molar-refractivity contribution in [1.29, 1.82) is 0 Å². The lowest BCUT2D eigenvalue weighted by Crippen LogP contribution is -2.63. The molecule has 0 aromatic heterocycles. The topological polar surface area (TPSA) is 23.5 Å². The molecule has 1 aliphatic heterocycles. The molecule has 4 aliphatic rings. The fraction of sp³-hybridized carbons (Fsp3) is 0.684. The first-order valence-electron chi connectivity index (χ1n) is 8.72. The van der Waals surface area contributed by atoms with Gasteiger partial charge in [-0.3, -0.25) is 0 Å². The Balaban J connectivity index is 1.80. The Kier molecular flexibility index (Phi) is 2.29. The van der Waals surface area contributed by atoms with Crippen molar-refractivity contribution in [3.05, 3.63) is 29.3 Å². The van der Waals surface area contributed by atoms with Crippen molar-refractivity contribution < 1.29 is 5.11 Å². The molecular formula is C19H25NO. The van der Waals surface area contributed by atoms with Gasteiger partial charge in [-0.25, -0.2) is 0 Å². The third kappa shape index (κ3) is 1.38. The highest BCUT2D eigenvalue weighted by molar-refractivity contribution is 5.53. The summed E-state index contributed by atoms with van der Waals surface area (Å²) in [5.41, 5.74) is 3.92. The molecule has 3 fully saturated rings. The van der Waals surface area contributed by atoms with E-state index in [4.69, 9.17) is 0 Å². The van der Waals surface area contributed by atoms with Gasteiger partial charge in [-0.1, -0.05) is 18.9 Å². The predicted octanol–water partition coefficient (Wildman–Crippen LogP) is 3.57. The second kappa shape index (κ2) is 3.84. The number of nitrogens with zero attached hydrogens (tertiary/aromatic N) is 1. The second-order valence-electron chi connectivity index (χ2n) is 8.07. The van der Waals surface area contributed by atoms with Crippen molar-refractivity contribution in [1.82, 2.24) is 4.90 Å². The SMILES string of the molecule is CN1CC[C@]23CCCC[C@H]2[C@H]1C1(CC1)c1ccc(O)cc13. The number of fused-ring (bicyclic) bond motifs is 3. The molecule has 2 saturated carbocycles. The summed E-state index contributed by atoms with van der Waals surface area (Å²) in [4.78, 5) is 2.68. The molecule has 3 atom stereocenters. The summed E-state index contributed by atoms with van der Waals surface area (Å²) in [5, 5.41) is 10.1. The summed E-state index contributed by atoms with van der Waals surface area (Å²) in [6.45, 7) is 1.23. The van der Waals surface area contributed by atoms with Crippen LogP contribution >= 0.6 is 0 Å². The molecule has 1 N–H and O–H groups in total. The summed E-state index contributed by atoms with van der Waals surface area (Å²) in [7, 11) is 2.36. The van der Waals surface area contributed by atoms with Crippen molar-refractivity contribution in [3.63, 3.8) is 0 Å². The van der Waals surface area contributed by atoms with Gasteiger partial charge < -0.3 is 10.0 Å². The average molecular weight is 283 g/mol. The highest BCUT2D eigenvalue weighted by Gasteiger charge is 2.65. The van der Waals surface area contributed by atoms with Crippen LogP contribution in [0.4, 0.5) is 0 Å². The van der Waals surface area contributed by atoms with Crippen LogP contribution in [0, 0.1) is 5.92 Å². The first-order valence-corrected chi connectivity index (χ1v) is 8.72. The first-order chi connectivity index (χ1) is 10.2. The van der Waals surface area contributed by atoms with Crippen LogP contribution in [-0.4, -0.2) is 29.6 Å². The van der Waals surface area contributed by atoms with Gasteiger partial charge in [-0.05, 0) is 74.9 Å². The van der Waals surface area contributed by atoms with Crippen LogP contribution in [-0.2, 0) is 10.8 Å². The highest BCUT2D eigenvalue weighted by atomic mass is 16.3. The molecule has 1 saturated heterocycles. The Bertz CT molecular complexity index is 606. The maximum absolute atomic E-state index is 10.1. The minimum atomic E-state index is 0.372. The van der Waals surface area contributed by atoms with Gasteiger partial charge in [-0.2, -0.15) is 0 Å². The predicted molar refractivity (Wildman–Crippen MR) is 83.7 cm³/mol. The molecule has 1 spiro atoms. The van der Waals surface area contributed by atoms with Gasteiger partial charge in [0.2, 0.25) is 0 Å². The minimum absolute atomic E-state index is 0.372. The van der Waals surface area contributed by atoms with E-state index in [1.165, 1.54) is 57.1 Å². The van der Waals surface area contributed by atoms with E-state index >= 15 is 0 Å². The maximum Gasteiger partial charge on any atom is 0.115 e. The molecule has 5 rings (SSSR count). The number of hydrogen-bond donors (Lipinski definition) is 1. The van der Waals surface area contributed by atoms with Crippen molar-refractivity contribution in [3.8, 4) is 5.75 Å². The molecule has 0 radical (unpaired) electrons. The molecule has 2 nitrogen and oxygen atoms in total. The van der Waals surface area contributed by atoms with E-state index in [0.717, 1.165) is 12.0 Å². The molecule has 1 heterocycles. The number of aromatic hydroxyl groups is 1. The Morgan fingerprint density at radius 2 is 1.90 bits per heavy atom. The number of phenols is 1. The van der Waals surface area contributed by atoms with Crippen LogP contribution in [0.2, 0.25) is 0 Å². The van der Waals surface area contributed by atoms with E-state index in [9.17, 15) is 5.11 Å². The molecule has 0 amide bonds. The van der Waals surface area contributed by atoms with Gasteiger partial charge in [0.25, 0.3) is 0 Å². The summed E-state index contributed by atoms with van der Waals surface area (Å²) in [5.74, 6) is 1.29. The number of likely N-dealkylation sites (N-methyl/N-ethyl adjacent to an activating group) is 1. The standard InChI is InChI=1S/C19H25NO/c1-20-11-10-18-7-3-2-4-15(18)17(20)19(8-9-19)14-6-5-13(21)12-16(14)18/h5-6,12,15,17,21H,2-4,7-11H2,1H3/t15-,17-,18+/m0/s1. The quantitative estimate of drug-likeness (QED) is 0.787. The van der Waals surface area contributed by atoms with Gasteiger partial charge >= 0.3 is 0 Å². The van der Waals surface area contributed by atoms with Crippen molar-refractivity contribution in [2.75, 3.05) is 13.6 Å². The number of phenolic OH excluding ortho intramolecular Hbond substituents is 1. The number of benzene rings is 1. The summed E-state index contributed by atoms with van der Waals surface area (Å²) < 4.78 is 0. The number of hydrogen-bond acceptors (Lipinski definition) is 2. The molecule has 3 aliphatic carbocycles. The fourth-order valence-corrected chi connectivity index (χ4v) is 6.37. The van der Waals surface area contributed by atoms with Crippen LogP contribution in [0.3, 0.4) is 0 Å². The third-order valence-electron chi connectivity index (χ3n) is 7.30. The Morgan fingerprint density at radius 3 is 2.71 bits per heavy atom. The molecule has 0 unspecified atom stereocenters. The zero-order chi connectivity index (χ0) is 14.2. The van der Waals surface area contributed by atoms with Gasteiger partial charge in [0.1, 0.15) is 5.75 Å². The lowest BCUT2D eigenvalue weighted by molar-refractivity contribution is -0.0192. The van der Waals surface area contributed by atoms with E-state index < -0.39 is 0 Å². The zero-order valence-electron chi connectivity index (χ0n) is 12.9. The Hall–Kier alpha value is -1.02. The number of piperidine rings is 1. The van der Waals surface area contributed by atoms with Gasteiger partial charge in [0.05, 0.1) is 0 Å². The molecular weight excluding hydrogens is 258 g/mol. The van der Waals surface area contributed by atoms with Gasteiger partial charge in [-0.15, -0.1) is 0 Å². The van der Waals surface area contributed by atoms with Crippen LogP contribution in [0.15, 0.2) is 18.2 Å². The molecule has 112 valence electrons. The highest BCUT2D eigenvalue weighted by Crippen LogP contribution is 2.67. The second-order valence-corrected chi connectivity index (χ2v) is 8.07. The van der Waals surface area contributed by atoms with E-state index in [0.29, 0.717) is 16.6 Å². The molecule has 2 bridgehead atoms. The molecule has 1 aromatic carbocycles. The van der Waals surface area contributed by atoms with Crippen LogP contribution in [0.1, 0.15) is 56.1 Å². The van der Waals surface area contributed by atoms with E-state index in [1.807, 2.05) is 6.07 Å². The van der Waals surface area contributed by atoms with Crippen LogP contribution in [0.5, 0.6) is 5.75 Å². The Labute approximate surface area is 127 Å². The normalized spacial score (nSPS) is 39.7. The third-order valence-corrected chi connectivity index (χ3v) is 7.30. The average Bonchev–Trinajstić information content (AvgIpc) is 3.27.